The maximum atomic E-state index is 13.7. The summed E-state index contributed by atoms with van der Waals surface area (Å²) in [6.45, 7) is 3.50. The minimum absolute atomic E-state index is 0.00223. The Bertz CT molecular complexity index is 1530. The first-order chi connectivity index (χ1) is 22.5. The molecular weight excluding hydrogens is 604 g/mol. The highest BCUT2D eigenvalue weighted by molar-refractivity contribution is 6.00. The topological polar surface area (TPSA) is 215 Å². The molecule has 0 saturated carbocycles. The number of nitrogens with zero attached hydrogens (tertiary/aromatic N) is 3. The van der Waals surface area contributed by atoms with Crippen molar-refractivity contribution in [1.82, 2.24) is 16.0 Å². The van der Waals surface area contributed by atoms with Crippen molar-refractivity contribution in [1.29, 1.82) is 0 Å². The average Bonchev–Trinajstić information content (AvgIpc) is 3.05. The summed E-state index contributed by atoms with van der Waals surface area (Å²) in [5.74, 6) is -3.47. The van der Waals surface area contributed by atoms with E-state index in [1.165, 1.54) is 24.3 Å². The third-order valence-electron chi connectivity index (χ3n) is 7.12. The molecule has 0 radical (unpaired) electrons. The quantitative estimate of drug-likeness (QED) is 0.0509. The van der Waals surface area contributed by atoms with Gasteiger partial charge in [-0.1, -0.05) is 80.6 Å². The minimum atomic E-state index is -1.36. The van der Waals surface area contributed by atoms with E-state index in [0.29, 0.717) is 10.6 Å². The molecule has 14 heteroatoms. The molecule has 3 aromatic carbocycles. The van der Waals surface area contributed by atoms with Crippen LogP contribution in [0, 0.1) is 16.0 Å². The van der Waals surface area contributed by atoms with Gasteiger partial charge in [-0.2, -0.15) is 0 Å². The van der Waals surface area contributed by atoms with Crippen molar-refractivity contribution >= 4 is 35.3 Å². The number of carbonyl (C=O) groups is 4. The number of carbonyl (C=O) groups excluding carboxylic acids is 4. The Hall–Kier alpha value is -5.79. The van der Waals surface area contributed by atoms with E-state index in [1.54, 1.807) is 50.2 Å². The van der Waals surface area contributed by atoms with Gasteiger partial charge in [-0.3, -0.25) is 24.2 Å². The third-order valence-corrected chi connectivity index (χ3v) is 7.12. The van der Waals surface area contributed by atoms with Crippen LogP contribution in [0.15, 0.2) is 96.0 Å². The lowest BCUT2D eigenvalue weighted by Crippen LogP contribution is -2.59. The molecule has 3 rings (SSSR count). The minimum Gasteiger partial charge on any atom is -0.370 e. The molecule has 3 aromatic rings. The zero-order chi connectivity index (χ0) is 34.3. The summed E-state index contributed by atoms with van der Waals surface area (Å²) in [5.41, 5.74) is 11.9. The van der Waals surface area contributed by atoms with Crippen molar-refractivity contribution in [3.05, 3.63) is 112 Å². The van der Waals surface area contributed by atoms with E-state index >= 15 is 0 Å². The van der Waals surface area contributed by atoms with Crippen LogP contribution in [-0.2, 0) is 20.8 Å². The zero-order valence-corrected chi connectivity index (χ0v) is 26.2. The van der Waals surface area contributed by atoms with E-state index in [2.05, 4.69) is 20.9 Å². The van der Waals surface area contributed by atoms with E-state index in [0.717, 1.165) is 5.56 Å². The maximum Gasteiger partial charge on any atom is 0.311 e. The molecule has 0 heterocycles. The lowest BCUT2D eigenvalue weighted by Gasteiger charge is -2.28. The van der Waals surface area contributed by atoms with Gasteiger partial charge in [0, 0.05) is 18.5 Å². The van der Waals surface area contributed by atoms with Gasteiger partial charge in [0.15, 0.2) is 11.0 Å². The highest BCUT2D eigenvalue weighted by atomic mass is 16.7. The number of guanidine groups is 1. The van der Waals surface area contributed by atoms with Crippen LogP contribution in [0.25, 0.3) is 0 Å². The van der Waals surface area contributed by atoms with E-state index < -0.39 is 52.7 Å². The van der Waals surface area contributed by atoms with Crippen LogP contribution in [0.5, 0.6) is 0 Å². The Morgan fingerprint density at radius 3 is 1.94 bits per heavy atom. The van der Waals surface area contributed by atoms with Crippen molar-refractivity contribution in [2.75, 3.05) is 11.6 Å². The van der Waals surface area contributed by atoms with Gasteiger partial charge in [0.2, 0.25) is 11.8 Å². The van der Waals surface area contributed by atoms with Crippen molar-refractivity contribution < 1.29 is 24.2 Å². The Morgan fingerprint density at radius 2 is 1.38 bits per heavy atom. The summed E-state index contributed by atoms with van der Waals surface area (Å²) in [4.78, 5) is 69.9. The predicted octanol–water partition coefficient (Wildman–Crippen LogP) is 1.93. The fourth-order valence-electron chi connectivity index (χ4n) is 4.72. The summed E-state index contributed by atoms with van der Waals surface area (Å²) in [6.07, 6.45) is 0.303. The average molecular weight is 645 g/mol. The first-order valence-electron chi connectivity index (χ1n) is 15.1. The van der Waals surface area contributed by atoms with Crippen molar-refractivity contribution in [2.45, 2.75) is 51.2 Å². The lowest BCUT2D eigenvalue weighted by atomic mass is 10.00. The number of aliphatic imine (C=N–C) groups is 1. The molecule has 7 N–H and O–H groups in total. The molecule has 0 spiro atoms. The lowest BCUT2D eigenvalue weighted by molar-refractivity contribution is -0.484. The molecule has 0 unspecified atom stereocenters. The van der Waals surface area contributed by atoms with Gasteiger partial charge in [-0.05, 0) is 53.6 Å². The number of anilines is 1. The molecule has 0 aliphatic carbocycles. The van der Waals surface area contributed by atoms with E-state index in [1.807, 2.05) is 30.3 Å². The highest BCUT2D eigenvalue weighted by Crippen LogP contribution is 2.17. The van der Waals surface area contributed by atoms with Gasteiger partial charge in [0.1, 0.15) is 23.8 Å². The number of nitro groups is 1. The molecule has 248 valence electrons. The van der Waals surface area contributed by atoms with E-state index in [9.17, 15) is 29.3 Å². The molecule has 0 aliphatic rings. The van der Waals surface area contributed by atoms with E-state index in [4.69, 9.17) is 11.5 Å². The summed E-state index contributed by atoms with van der Waals surface area (Å²) < 4.78 is 0. The first-order valence-corrected chi connectivity index (χ1v) is 15.1. The summed E-state index contributed by atoms with van der Waals surface area (Å²) in [7, 11) is 0. The standard InChI is InChI=1S/C33H40N8O6/c1-22(2)28(39-30(43)27(21-23-13-6-3-7-14-23)38-29(42)24-15-8-4-9-16-24)31(44)37-26(19-12-20-36-33(34)35)32(45)40(41(46)47)25-17-10-5-11-18-25/h3-11,13-18,22,26-28H,12,19-21H2,1-2H3,(H,37,44)(H,38,42)(H,39,43)(H4,34,35,36)/t26-,27-,28-/m0/s1. The van der Waals surface area contributed by atoms with Gasteiger partial charge in [0.25, 0.3) is 5.91 Å². The molecule has 0 saturated heterocycles. The second-order valence-corrected chi connectivity index (χ2v) is 11.0. The van der Waals surface area contributed by atoms with Gasteiger partial charge in [0.05, 0.1) is 0 Å². The largest absolute Gasteiger partial charge is 0.370 e. The van der Waals surface area contributed by atoms with Gasteiger partial charge < -0.3 is 27.4 Å². The number of hydrogen-bond donors (Lipinski definition) is 5. The number of benzene rings is 3. The van der Waals surface area contributed by atoms with Crippen molar-refractivity contribution in [2.24, 2.45) is 22.4 Å². The van der Waals surface area contributed by atoms with E-state index in [-0.39, 0.29) is 37.5 Å². The second-order valence-electron chi connectivity index (χ2n) is 11.0. The monoisotopic (exact) mass is 644 g/mol. The fourth-order valence-corrected chi connectivity index (χ4v) is 4.72. The molecule has 14 nitrogen and oxygen atoms in total. The van der Waals surface area contributed by atoms with Crippen LogP contribution < -0.4 is 32.4 Å². The number of hydrazine groups is 1. The fraction of sp³-hybridized carbons (Fsp3) is 0.303. The van der Waals surface area contributed by atoms with Crippen molar-refractivity contribution in [3.8, 4) is 0 Å². The first kappa shape index (κ1) is 35.7. The molecule has 0 aromatic heterocycles. The Labute approximate surface area is 272 Å². The molecule has 0 aliphatic heterocycles. The zero-order valence-electron chi connectivity index (χ0n) is 26.2. The molecule has 0 fully saturated rings. The normalized spacial score (nSPS) is 12.6. The maximum absolute atomic E-state index is 13.7. The number of nitrogens with one attached hydrogen (secondary N) is 3. The Morgan fingerprint density at radius 1 is 0.809 bits per heavy atom. The van der Waals surface area contributed by atoms with Crippen molar-refractivity contribution in [3.63, 3.8) is 0 Å². The summed E-state index contributed by atoms with van der Waals surface area (Å²) in [5, 5.41) is 19.6. The predicted molar refractivity (Wildman–Crippen MR) is 177 cm³/mol. The van der Waals surface area contributed by atoms with Crippen LogP contribution in [0.4, 0.5) is 5.69 Å². The SMILES string of the molecule is CC(C)[C@H](NC(=O)[C@H](Cc1ccccc1)NC(=O)c1ccccc1)C(=O)N[C@@H](CCCN=C(N)N)C(=O)N(c1ccccc1)[N+](=O)[O-]. The van der Waals surface area contributed by atoms with Crippen LogP contribution in [0.3, 0.4) is 0 Å². The molecule has 4 amide bonds. The molecule has 0 bridgehead atoms. The summed E-state index contributed by atoms with van der Waals surface area (Å²) >= 11 is 0. The third kappa shape index (κ3) is 11.0. The molecule has 3 atom stereocenters. The second kappa shape index (κ2) is 17.6. The smallest absolute Gasteiger partial charge is 0.311 e. The number of nitrogens with two attached hydrogens (primary N) is 2. The number of hydrogen-bond acceptors (Lipinski definition) is 7. The highest BCUT2D eigenvalue weighted by Gasteiger charge is 2.37. The number of para-hydroxylation sites is 1. The van der Waals surface area contributed by atoms with Crippen LogP contribution in [0.1, 0.15) is 42.6 Å². The summed E-state index contributed by atoms with van der Waals surface area (Å²) in [6, 6.07) is 21.4. The number of rotatable bonds is 16. The Kier molecular flexibility index (Phi) is 13.4. The van der Waals surface area contributed by atoms with Gasteiger partial charge in [-0.25, -0.2) is 10.1 Å². The van der Waals surface area contributed by atoms with Gasteiger partial charge in [-0.15, -0.1) is 0 Å². The molecular formula is C33H40N8O6. The van der Waals surface area contributed by atoms with Crippen LogP contribution >= 0.6 is 0 Å². The Balaban J connectivity index is 1.85. The van der Waals surface area contributed by atoms with Crippen LogP contribution in [0.2, 0.25) is 0 Å². The molecule has 47 heavy (non-hydrogen) atoms. The van der Waals surface area contributed by atoms with Gasteiger partial charge >= 0.3 is 5.91 Å². The van der Waals surface area contributed by atoms with Crippen LogP contribution in [-0.4, -0.2) is 59.3 Å². The number of amides is 4.